The molecule has 1 aliphatic heterocycles. The summed E-state index contributed by atoms with van der Waals surface area (Å²) in [7, 11) is 0. The molecule has 0 atom stereocenters. The maximum Gasteiger partial charge on any atom is 0.270 e. The molecule has 3 heterocycles. The van der Waals surface area contributed by atoms with E-state index >= 15 is 0 Å². The van der Waals surface area contributed by atoms with E-state index in [0.29, 0.717) is 51.3 Å². The quantitative estimate of drug-likeness (QED) is 0.239. The van der Waals surface area contributed by atoms with Crippen molar-refractivity contribution in [2.24, 2.45) is 0 Å². The minimum absolute atomic E-state index is 0.0412. The summed E-state index contributed by atoms with van der Waals surface area (Å²) >= 11 is 9.01. The minimum Gasteiger partial charge on any atom is -0.335 e. The van der Waals surface area contributed by atoms with Gasteiger partial charge in [0.05, 0.1) is 22.2 Å². The van der Waals surface area contributed by atoms with E-state index in [0.717, 1.165) is 22.6 Å². The lowest BCUT2D eigenvalue weighted by Gasteiger charge is -2.34. The van der Waals surface area contributed by atoms with Gasteiger partial charge in [0, 0.05) is 59.3 Å². The van der Waals surface area contributed by atoms with Crippen molar-refractivity contribution in [1.82, 2.24) is 14.8 Å². The number of aryl methyl sites for hydroxylation is 2. The smallest absolute Gasteiger partial charge is 0.270 e. The molecule has 0 radical (unpaired) electrons. The van der Waals surface area contributed by atoms with Gasteiger partial charge >= 0.3 is 0 Å². The molecule has 1 saturated heterocycles. The molecule has 2 amide bonds. The number of benzene rings is 2. The summed E-state index contributed by atoms with van der Waals surface area (Å²) in [5, 5.41) is 17.4. The number of non-ortho nitro benzene ring substituents is 1. The third-order valence-electron chi connectivity index (χ3n) is 6.60. The second-order valence-electron chi connectivity index (χ2n) is 9.14. The lowest BCUT2D eigenvalue weighted by molar-refractivity contribution is -0.384. The van der Waals surface area contributed by atoms with Crippen LogP contribution in [0.15, 0.2) is 41.8 Å². The molecular weight excluding hydrogens is 546 g/mol. The van der Waals surface area contributed by atoms with Crippen molar-refractivity contribution < 1.29 is 14.5 Å². The molecule has 5 rings (SSSR count). The van der Waals surface area contributed by atoms with Crippen molar-refractivity contribution in [3.8, 4) is 11.3 Å². The fourth-order valence-corrected chi connectivity index (χ4v) is 6.53. The molecule has 1 fully saturated rings. The SMILES string of the molecule is Cc1ccc(-c2csc(NC(=O)CN3CCN(C(=O)c4sc5cc([N+](=O)[O-])ccc5c4Cl)CC3)n2)cc1C. The standard InChI is InChI=1S/C26H24ClN5O4S2/c1-15-3-4-17(11-16(15)2)20-14-37-26(28-20)29-22(33)13-30-7-9-31(10-8-30)25(34)24-23(27)19-6-5-18(32(35)36)12-21(19)38-24/h3-6,11-12,14H,7-10,13H2,1-2H3,(H,28,29,33). The van der Waals surface area contributed by atoms with E-state index in [4.69, 9.17) is 11.6 Å². The lowest BCUT2D eigenvalue weighted by Crippen LogP contribution is -2.50. The summed E-state index contributed by atoms with van der Waals surface area (Å²) in [4.78, 5) is 45.0. The zero-order valence-corrected chi connectivity index (χ0v) is 23.1. The highest BCUT2D eigenvalue weighted by molar-refractivity contribution is 7.21. The molecule has 4 aromatic rings. The normalized spacial score (nSPS) is 14.1. The molecule has 1 N–H and O–H groups in total. The van der Waals surface area contributed by atoms with Gasteiger partial charge < -0.3 is 10.2 Å². The summed E-state index contributed by atoms with van der Waals surface area (Å²) in [6.45, 7) is 6.31. The van der Waals surface area contributed by atoms with Gasteiger partial charge in [-0.05, 0) is 37.1 Å². The van der Waals surface area contributed by atoms with Crippen LogP contribution in [-0.2, 0) is 4.79 Å². The lowest BCUT2D eigenvalue weighted by atomic mass is 10.1. The molecular formula is C26H24ClN5O4S2. The van der Waals surface area contributed by atoms with Gasteiger partial charge in [0.15, 0.2) is 5.13 Å². The number of amides is 2. The Kier molecular flexibility index (Phi) is 7.44. The highest BCUT2D eigenvalue weighted by Crippen LogP contribution is 2.38. The number of fused-ring (bicyclic) bond motifs is 1. The molecule has 38 heavy (non-hydrogen) atoms. The van der Waals surface area contributed by atoms with Gasteiger partial charge in [-0.2, -0.15) is 0 Å². The zero-order valence-electron chi connectivity index (χ0n) is 20.7. The topological polar surface area (TPSA) is 109 Å². The number of nitrogens with zero attached hydrogens (tertiary/aromatic N) is 4. The van der Waals surface area contributed by atoms with E-state index in [1.165, 1.54) is 34.6 Å². The number of nitro benzene ring substituents is 1. The van der Waals surface area contributed by atoms with Crippen molar-refractivity contribution in [1.29, 1.82) is 0 Å². The molecule has 196 valence electrons. The molecule has 0 spiro atoms. The first-order valence-corrected chi connectivity index (χ1v) is 14.0. The Morgan fingerprint density at radius 3 is 2.58 bits per heavy atom. The first-order chi connectivity index (χ1) is 18.2. The fourth-order valence-electron chi connectivity index (χ4n) is 4.28. The number of anilines is 1. The maximum absolute atomic E-state index is 13.2. The Labute approximate surface area is 231 Å². The van der Waals surface area contributed by atoms with Crippen molar-refractivity contribution in [2.45, 2.75) is 13.8 Å². The number of nitro groups is 1. The predicted octanol–water partition coefficient (Wildman–Crippen LogP) is 5.60. The number of hydrogen-bond acceptors (Lipinski definition) is 8. The van der Waals surface area contributed by atoms with Gasteiger partial charge in [0.25, 0.3) is 11.6 Å². The largest absolute Gasteiger partial charge is 0.335 e. The van der Waals surface area contributed by atoms with E-state index in [1.807, 2.05) is 16.3 Å². The molecule has 0 saturated carbocycles. The van der Waals surface area contributed by atoms with E-state index in [9.17, 15) is 19.7 Å². The number of hydrogen-bond donors (Lipinski definition) is 1. The molecule has 12 heteroatoms. The second-order valence-corrected chi connectivity index (χ2v) is 11.4. The van der Waals surface area contributed by atoms with Gasteiger partial charge in [-0.25, -0.2) is 4.98 Å². The number of halogens is 1. The number of aromatic nitrogens is 1. The van der Waals surface area contributed by atoms with Crippen molar-refractivity contribution in [3.05, 3.63) is 72.9 Å². The summed E-state index contributed by atoms with van der Waals surface area (Å²) in [5.41, 5.74) is 4.22. The number of piperazine rings is 1. The number of thiophene rings is 1. The number of thiazole rings is 1. The van der Waals surface area contributed by atoms with Crippen molar-refractivity contribution in [2.75, 3.05) is 38.0 Å². The molecule has 1 aliphatic rings. The van der Waals surface area contributed by atoms with Crippen molar-refractivity contribution >= 4 is 67.0 Å². The molecule has 2 aromatic heterocycles. The van der Waals surface area contributed by atoms with Crippen LogP contribution in [0, 0.1) is 24.0 Å². The second kappa shape index (κ2) is 10.8. The van der Waals surface area contributed by atoms with Crippen molar-refractivity contribution in [3.63, 3.8) is 0 Å². The van der Waals surface area contributed by atoms with Crippen LogP contribution in [0.1, 0.15) is 20.8 Å². The number of nitrogens with one attached hydrogen (secondary N) is 1. The van der Waals surface area contributed by atoms with Gasteiger partial charge in [-0.1, -0.05) is 23.7 Å². The van der Waals surface area contributed by atoms with Gasteiger partial charge in [-0.3, -0.25) is 24.6 Å². The van der Waals surface area contributed by atoms with Crippen LogP contribution in [0.3, 0.4) is 0 Å². The van der Waals surface area contributed by atoms with E-state index in [1.54, 1.807) is 11.0 Å². The molecule has 9 nitrogen and oxygen atoms in total. The number of rotatable bonds is 6. The molecule has 2 aromatic carbocycles. The van der Waals surface area contributed by atoms with E-state index in [2.05, 4.69) is 36.3 Å². The fraction of sp³-hybridized carbons (Fsp3) is 0.269. The Morgan fingerprint density at radius 1 is 1.11 bits per heavy atom. The first-order valence-electron chi connectivity index (χ1n) is 11.9. The van der Waals surface area contributed by atoms with Crippen LogP contribution in [0.4, 0.5) is 10.8 Å². The van der Waals surface area contributed by atoms with Crippen LogP contribution in [0.25, 0.3) is 21.3 Å². The average Bonchev–Trinajstić information content (AvgIpc) is 3.49. The summed E-state index contributed by atoms with van der Waals surface area (Å²) in [5.74, 6) is -0.357. The van der Waals surface area contributed by atoms with Crippen LogP contribution >= 0.6 is 34.3 Å². The number of carbonyl (C=O) groups excluding carboxylic acids is 2. The molecule has 0 bridgehead atoms. The molecule has 0 aliphatic carbocycles. The Balaban J connectivity index is 1.16. The average molecular weight is 570 g/mol. The van der Waals surface area contributed by atoms with Gasteiger partial charge in [-0.15, -0.1) is 22.7 Å². The Bertz CT molecular complexity index is 1560. The maximum atomic E-state index is 13.2. The highest BCUT2D eigenvalue weighted by atomic mass is 35.5. The van der Waals surface area contributed by atoms with E-state index in [-0.39, 0.29) is 24.0 Å². The number of carbonyl (C=O) groups is 2. The predicted molar refractivity (Wildman–Crippen MR) is 151 cm³/mol. The van der Waals surface area contributed by atoms with Crippen LogP contribution in [-0.4, -0.2) is 64.2 Å². The van der Waals surface area contributed by atoms with Gasteiger partial charge in [0.1, 0.15) is 4.88 Å². The minimum atomic E-state index is -0.470. The molecule has 0 unspecified atom stereocenters. The van der Waals surface area contributed by atoms with Crippen LogP contribution in [0.5, 0.6) is 0 Å². The summed E-state index contributed by atoms with van der Waals surface area (Å²) in [6.07, 6.45) is 0. The van der Waals surface area contributed by atoms with E-state index < -0.39 is 4.92 Å². The van der Waals surface area contributed by atoms with Crippen LogP contribution in [0.2, 0.25) is 5.02 Å². The zero-order chi connectivity index (χ0) is 27.0. The van der Waals surface area contributed by atoms with Crippen LogP contribution < -0.4 is 5.32 Å². The Morgan fingerprint density at radius 2 is 1.87 bits per heavy atom. The van der Waals surface area contributed by atoms with Gasteiger partial charge in [0.2, 0.25) is 5.91 Å². The monoisotopic (exact) mass is 569 g/mol. The third kappa shape index (κ3) is 5.41. The summed E-state index contributed by atoms with van der Waals surface area (Å²) in [6, 6.07) is 10.6. The summed E-state index contributed by atoms with van der Waals surface area (Å²) < 4.78 is 0.603. The Hall–Kier alpha value is -3.38. The third-order valence-corrected chi connectivity index (χ3v) is 9.00. The first kappa shape index (κ1) is 26.2. The highest BCUT2D eigenvalue weighted by Gasteiger charge is 2.27.